The van der Waals surface area contributed by atoms with Crippen LogP contribution in [0.1, 0.15) is 24.9 Å². The van der Waals surface area contributed by atoms with Gasteiger partial charge in [-0.1, -0.05) is 12.1 Å². The van der Waals surface area contributed by atoms with Gasteiger partial charge in [-0.05, 0) is 24.6 Å². The van der Waals surface area contributed by atoms with Crippen molar-refractivity contribution in [3.63, 3.8) is 0 Å². The van der Waals surface area contributed by atoms with Crippen molar-refractivity contribution in [3.05, 3.63) is 29.8 Å². The van der Waals surface area contributed by atoms with Crippen LogP contribution in [0.4, 0.5) is 4.39 Å². The number of halogens is 1. The molecule has 1 aromatic carbocycles. The zero-order valence-electron chi connectivity index (χ0n) is 8.37. The Morgan fingerprint density at radius 1 is 1.50 bits per heavy atom. The second-order valence-electron chi connectivity index (χ2n) is 3.25. The van der Waals surface area contributed by atoms with Gasteiger partial charge in [-0.3, -0.25) is 4.39 Å². The predicted octanol–water partition coefficient (Wildman–Crippen LogP) is 2.44. The topological polar surface area (TPSA) is 35.2 Å². The van der Waals surface area contributed by atoms with Crippen molar-refractivity contribution in [1.82, 2.24) is 0 Å². The van der Waals surface area contributed by atoms with Gasteiger partial charge in [0.1, 0.15) is 5.75 Å². The second kappa shape index (κ2) is 5.60. The number of hydrogen-bond donors (Lipinski definition) is 1. The Labute approximate surface area is 83.9 Å². The molecule has 0 saturated heterocycles. The molecule has 1 aromatic rings. The third-order valence-corrected chi connectivity index (χ3v) is 1.93. The molecule has 0 bridgehead atoms. The first-order valence-electron chi connectivity index (χ1n) is 4.78. The van der Waals surface area contributed by atoms with Gasteiger partial charge in [0.05, 0.1) is 13.3 Å². The molecule has 0 heterocycles. The molecule has 0 fully saturated rings. The molecule has 3 heteroatoms. The molecule has 0 radical (unpaired) electrons. The van der Waals surface area contributed by atoms with E-state index in [4.69, 9.17) is 10.5 Å². The largest absolute Gasteiger partial charge is 0.493 e. The van der Waals surface area contributed by atoms with Gasteiger partial charge in [0.15, 0.2) is 0 Å². The van der Waals surface area contributed by atoms with E-state index in [-0.39, 0.29) is 12.7 Å². The van der Waals surface area contributed by atoms with Crippen LogP contribution in [0.2, 0.25) is 0 Å². The van der Waals surface area contributed by atoms with Gasteiger partial charge in [-0.2, -0.15) is 0 Å². The third kappa shape index (κ3) is 3.34. The Kier molecular flexibility index (Phi) is 4.40. The van der Waals surface area contributed by atoms with Crippen LogP contribution in [0.3, 0.4) is 0 Å². The minimum Gasteiger partial charge on any atom is -0.493 e. The molecule has 0 saturated carbocycles. The fourth-order valence-corrected chi connectivity index (χ4v) is 1.13. The summed E-state index contributed by atoms with van der Waals surface area (Å²) >= 11 is 0. The molecule has 78 valence electrons. The summed E-state index contributed by atoms with van der Waals surface area (Å²) in [6.07, 6.45) is 0.433. The molecule has 0 aliphatic rings. The van der Waals surface area contributed by atoms with Crippen molar-refractivity contribution in [2.24, 2.45) is 5.73 Å². The van der Waals surface area contributed by atoms with E-state index in [2.05, 4.69) is 0 Å². The summed E-state index contributed by atoms with van der Waals surface area (Å²) < 4.78 is 17.1. The zero-order valence-corrected chi connectivity index (χ0v) is 8.37. The van der Waals surface area contributed by atoms with Crippen LogP contribution >= 0.6 is 0 Å². The third-order valence-electron chi connectivity index (χ3n) is 1.93. The minimum atomic E-state index is -0.340. The van der Waals surface area contributed by atoms with Crippen LogP contribution in [0, 0.1) is 0 Å². The average molecular weight is 197 g/mol. The number of ether oxygens (including phenoxy) is 1. The molecule has 0 amide bonds. The van der Waals surface area contributed by atoms with E-state index < -0.39 is 0 Å². The van der Waals surface area contributed by atoms with Crippen LogP contribution < -0.4 is 10.5 Å². The number of rotatable bonds is 5. The highest BCUT2D eigenvalue weighted by Gasteiger charge is 2.00. The van der Waals surface area contributed by atoms with E-state index in [0.29, 0.717) is 13.0 Å². The summed E-state index contributed by atoms with van der Waals surface area (Å²) in [5.74, 6) is 0.758. The molecule has 0 aromatic heterocycles. The molecular formula is C11H16FNO. The Morgan fingerprint density at radius 2 is 2.29 bits per heavy atom. The van der Waals surface area contributed by atoms with Crippen molar-refractivity contribution in [3.8, 4) is 5.75 Å². The SMILES string of the molecule is C[C@H](N)c1cccc(OCCCF)c1. The lowest BCUT2D eigenvalue weighted by Crippen LogP contribution is -2.05. The fourth-order valence-electron chi connectivity index (χ4n) is 1.13. The van der Waals surface area contributed by atoms with Crippen molar-refractivity contribution < 1.29 is 9.13 Å². The molecular weight excluding hydrogens is 181 g/mol. The molecule has 0 aliphatic heterocycles. The predicted molar refractivity (Wildman–Crippen MR) is 55.1 cm³/mol. The Bertz CT molecular complexity index is 276. The molecule has 0 unspecified atom stereocenters. The Hall–Kier alpha value is -1.09. The van der Waals surface area contributed by atoms with Crippen molar-refractivity contribution in [1.29, 1.82) is 0 Å². The zero-order chi connectivity index (χ0) is 10.4. The maximum Gasteiger partial charge on any atom is 0.119 e. The number of nitrogens with two attached hydrogens (primary N) is 1. The quantitative estimate of drug-likeness (QED) is 0.736. The smallest absolute Gasteiger partial charge is 0.119 e. The molecule has 2 nitrogen and oxygen atoms in total. The number of benzene rings is 1. The van der Waals surface area contributed by atoms with Gasteiger partial charge in [-0.15, -0.1) is 0 Å². The molecule has 1 atom stereocenters. The lowest BCUT2D eigenvalue weighted by molar-refractivity contribution is 0.289. The van der Waals surface area contributed by atoms with Gasteiger partial charge in [-0.25, -0.2) is 0 Å². The molecule has 0 spiro atoms. The van der Waals surface area contributed by atoms with Gasteiger partial charge < -0.3 is 10.5 Å². The molecule has 1 rings (SSSR count). The monoisotopic (exact) mass is 197 g/mol. The first-order valence-corrected chi connectivity index (χ1v) is 4.78. The van der Waals surface area contributed by atoms with Crippen molar-refractivity contribution in [2.75, 3.05) is 13.3 Å². The highest BCUT2D eigenvalue weighted by atomic mass is 19.1. The van der Waals surface area contributed by atoms with Gasteiger partial charge >= 0.3 is 0 Å². The highest BCUT2D eigenvalue weighted by molar-refractivity contribution is 5.30. The van der Waals surface area contributed by atoms with Crippen molar-refractivity contribution >= 4 is 0 Å². The maximum atomic E-state index is 11.8. The maximum absolute atomic E-state index is 11.8. The van der Waals surface area contributed by atoms with Gasteiger partial charge in [0.2, 0.25) is 0 Å². The normalized spacial score (nSPS) is 12.5. The van der Waals surface area contributed by atoms with Gasteiger partial charge in [0, 0.05) is 12.5 Å². The first kappa shape index (κ1) is 11.0. The van der Waals surface area contributed by atoms with E-state index >= 15 is 0 Å². The van der Waals surface area contributed by atoms with Crippen molar-refractivity contribution in [2.45, 2.75) is 19.4 Å². The Morgan fingerprint density at radius 3 is 2.93 bits per heavy atom. The standard InChI is InChI=1S/C11H16FNO/c1-9(13)10-4-2-5-11(8-10)14-7-3-6-12/h2,4-5,8-9H,3,6-7,13H2,1H3/t9-/m0/s1. The van der Waals surface area contributed by atoms with Crippen LogP contribution in [-0.4, -0.2) is 13.3 Å². The average Bonchev–Trinajstić information content (AvgIpc) is 2.19. The summed E-state index contributed by atoms with van der Waals surface area (Å²) in [6, 6.07) is 7.59. The van der Waals surface area contributed by atoms with Crippen LogP contribution in [0.25, 0.3) is 0 Å². The summed E-state index contributed by atoms with van der Waals surface area (Å²) in [5.41, 5.74) is 6.75. The van der Waals surface area contributed by atoms with E-state index in [9.17, 15) is 4.39 Å². The van der Waals surface area contributed by atoms with E-state index in [1.54, 1.807) is 0 Å². The van der Waals surface area contributed by atoms with Crippen LogP contribution in [0.15, 0.2) is 24.3 Å². The van der Waals surface area contributed by atoms with Crippen LogP contribution in [0.5, 0.6) is 5.75 Å². The van der Waals surface area contributed by atoms with E-state index in [0.717, 1.165) is 11.3 Å². The summed E-state index contributed by atoms with van der Waals surface area (Å²) in [5, 5.41) is 0. The highest BCUT2D eigenvalue weighted by Crippen LogP contribution is 2.17. The fraction of sp³-hybridized carbons (Fsp3) is 0.455. The number of alkyl halides is 1. The second-order valence-corrected chi connectivity index (χ2v) is 3.25. The lowest BCUT2D eigenvalue weighted by atomic mass is 10.1. The first-order chi connectivity index (χ1) is 6.74. The minimum absolute atomic E-state index is 0.000254. The summed E-state index contributed by atoms with van der Waals surface area (Å²) in [4.78, 5) is 0. The number of hydrogen-bond acceptors (Lipinski definition) is 2. The molecule has 2 N–H and O–H groups in total. The molecule has 0 aliphatic carbocycles. The van der Waals surface area contributed by atoms with E-state index in [1.807, 2.05) is 31.2 Å². The van der Waals surface area contributed by atoms with Crippen LogP contribution in [-0.2, 0) is 0 Å². The summed E-state index contributed by atoms with van der Waals surface area (Å²) in [7, 11) is 0. The van der Waals surface area contributed by atoms with E-state index in [1.165, 1.54) is 0 Å². The summed E-state index contributed by atoms with van der Waals surface area (Å²) in [6.45, 7) is 1.99. The Balaban J connectivity index is 2.55. The van der Waals surface area contributed by atoms with Gasteiger partial charge in [0.25, 0.3) is 0 Å². The lowest BCUT2D eigenvalue weighted by Gasteiger charge is -2.09. The molecule has 14 heavy (non-hydrogen) atoms.